The van der Waals surface area contributed by atoms with E-state index in [1.165, 1.54) is 45.2 Å². The van der Waals surface area contributed by atoms with E-state index >= 15 is 0 Å². The number of hydrogen-bond donors (Lipinski definition) is 1. The van der Waals surface area contributed by atoms with E-state index in [2.05, 4.69) is 38.0 Å². The maximum absolute atomic E-state index is 3.58. The van der Waals surface area contributed by atoms with Crippen LogP contribution in [0.15, 0.2) is 0 Å². The molecule has 0 spiro atoms. The van der Waals surface area contributed by atoms with Crippen LogP contribution in [0.3, 0.4) is 0 Å². The summed E-state index contributed by atoms with van der Waals surface area (Å²) in [4.78, 5) is 2.81. The molecule has 0 aromatic heterocycles. The van der Waals surface area contributed by atoms with Crippen LogP contribution in [0.1, 0.15) is 52.9 Å². The molecule has 0 aromatic rings. The molecule has 1 saturated heterocycles. The van der Waals surface area contributed by atoms with Gasteiger partial charge in [-0.15, -0.1) is 0 Å². The third-order valence-corrected chi connectivity index (χ3v) is 5.24. The van der Waals surface area contributed by atoms with E-state index in [1.807, 2.05) is 0 Å². The van der Waals surface area contributed by atoms with Gasteiger partial charge >= 0.3 is 0 Å². The van der Waals surface area contributed by atoms with Gasteiger partial charge in [0, 0.05) is 25.2 Å². The number of nitrogens with zero attached hydrogens (tertiary/aromatic N) is 1. The molecule has 1 heterocycles. The number of likely N-dealkylation sites (tertiary alicyclic amines) is 1. The van der Waals surface area contributed by atoms with Crippen LogP contribution in [-0.2, 0) is 0 Å². The molecule has 1 saturated carbocycles. The van der Waals surface area contributed by atoms with E-state index < -0.39 is 0 Å². The molecule has 2 aliphatic rings. The lowest BCUT2D eigenvalue weighted by Crippen LogP contribution is -2.55. The first-order chi connectivity index (χ1) is 8.63. The third-order valence-electron chi connectivity index (χ3n) is 5.24. The molecule has 2 nitrogen and oxygen atoms in total. The van der Waals surface area contributed by atoms with Gasteiger partial charge in [0.2, 0.25) is 0 Å². The Morgan fingerprint density at radius 2 is 1.72 bits per heavy atom. The van der Waals surface area contributed by atoms with E-state index in [9.17, 15) is 0 Å². The predicted molar refractivity (Wildman–Crippen MR) is 78.8 cm³/mol. The van der Waals surface area contributed by atoms with E-state index in [0.717, 1.165) is 29.8 Å². The number of nitrogens with one attached hydrogen (secondary N) is 1. The molecule has 18 heavy (non-hydrogen) atoms. The zero-order valence-corrected chi connectivity index (χ0v) is 12.8. The topological polar surface area (TPSA) is 15.3 Å². The molecule has 5 unspecified atom stereocenters. The van der Waals surface area contributed by atoms with Gasteiger partial charge in [0.15, 0.2) is 0 Å². The van der Waals surface area contributed by atoms with Crippen LogP contribution in [0.2, 0.25) is 0 Å². The summed E-state index contributed by atoms with van der Waals surface area (Å²) in [6.45, 7) is 9.87. The molecular formula is C16H32N2. The summed E-state index contributed by atoms with van der Waals surface area (Å²) in [5.74, 6) is 2.73. The van der Waals surface area contributed by atoms with Gasteiger partial charge in [-0.1, -0.05) is 27.2 Å². The fraction of sp³-hybridized carbons (Fsp3) is 1.00. The summed E-state index contributed by atoms with van der Waals surface area (Å²) in [6.07, 6.45) is 7.01. The lowest BCUT2D eigenvalue weighted by molar-refractivity contribution is 0.0435. The molecule has 106 valence electrons. The van der Waals surface area contributed by atoms with Crippen LogP contribution in [0.25, 0.3) is 0 Å². The summed E-state index contributed by atoms with van der Waals surface area (Å²) in [6, 6.07) is 1.52. The maximum Gasteiger partial charge on any atom is 0.0252 e. The molecule has 1 aliphatic carbocycles. The van der Waals surface area contributed by atoms with Gasteiger partial charge in [0.05, 0.1) is 0 Å². The Bertz CT molecular complexity index is 243. The molecular weight excluding hydrogens is 220 g/mol. The first-order valence-corrected chi connectivity index (χ1v) is 8.05. The van der Waals surface area contributed by atoms with Crippen molar-refractivity contribution in [3.05, 3.63) is 0 Å². The van der Waals surface area contributed by atoms with Crippen molar-refractivity contribution in [2.24, 2.45) is 17.8 Å². The minimum Gasteiger partial charge on any atom is -0.315 e. The molecule has 1 N–H and O–H groups in total. The normalized spacial score (nSPS) is 43.0. The highest BCUT2D eigenvalue weighted by Crippen LogP contribution is 2.33. The molecule has 0 amide bonds. The predicted octanol–water partition coefficient (Wildman–Crippen LogP) is 3.13. The Balaban J connectivity index is 2.02. The van der Waals surface area contributed by atoms with Crippen LogP contribution in [0.5, 0.6) is 0 Å². The molecule has 2 fully saturated rings. The van der Waals surface area contributed by atoms with E-state index in [1.54, 1.807) is 0 Å². The Hall–Kier alpha value is -0.0800. The van der Waals surface area contributed by atoms with Crippen molar-refractivity contribution in [2.45, 2.75) is 65.0 Å². The first kappa shape index (κ1) is 14.3. The second-order valence-electron chi connectivity index (χ2n) is 6.95. The van der Waals surface area contributed by atoms with Crippen LogP contribution in [0.4, 0.5) is 0 Å². The summed E-state index contributed by atoms with van der Waals surface area (Å²) in [5.41, 5.74) is 0. The lowest BCUT2D eigenvalue weighted by Gasteiger charge is -2.47. The quantitative estimate of drug-likeness (QED) is 0.830. The van der Waals surface area contributed by atoms with Gasteiger partial charge in [-0.2, -0.15) is 0 Å². The van der Waals surface area contributed by atoms with E-state index in [0.29, 0.717) is 0 Å². The van der Waals surface area contributed by atoms with Crippen molar-refractivity contribution in [1.29, 1.82) is 0 Å². The highest BCUT2D eigenvalue weighted by molar-refractivity contribution is 4.92. The second kappa shape index (κ2) is 6.38. The van der Waals surface area contributed by atoms with Crippen LogP contribution in [-0.4, -0.2) is 37.1 Å². The first-order valence-electron chi connectivity index (χ1n) is 8.05. The van der Waals surface area contributed by atoms with Gasteiger partial charge in [-0.25, -0.2) is 0 Å². The molecule has 0 radical (unpaired) electrons. The van der Waals surface area contributed by atoms with Crippen molar-refractivity contribution in [1.82, 2.24) is 10.2 Å². The molecule has 0 aromatic carbocycles. The maximum atomic E-state index is 3.58. The van der Waals surface area contributed by atoms with Gasteiger partial charge in [0.25, 0.3) is 0 Å². The van der Waals surface area contributed by atoms with Crippen molar-refractivity contribution in [2.75, 3.05) is 20.1 Å². The minimum atomic E-state index is 0.727. The SMILES string of the molecule is CCC1CCC(NC)C(N2CC(C)CC(C)C2)C1. The largest absolute Gasteiger partial charge is 0.315 e. The Kier molecular flexibility index (Phi) is 5.08. The van der Waals surface area contributed by atoms with Crippen LogP contribution >= 0.6 is 0 Å². The zero-order valence-electron chi connectivity index (χ0n) is 12.8. The standard InChI is InChI=1S/C16H32N2/c1-5-14-6-7-15(17-4)16(9-14)18-10-12(2)8-13(3)11-18/h12-17H,5-11H2,1-4H3. The molecule has 2 rings (SSSR count). The molecule has 0 bridgehead atoms. The molecule has 1 aliphatic heterocycles. The van der Waals surface area contributed by atoms with Crippen molar-refractivity contribution < 1.29 is 0 Å². The molecule has 5 atom stereocenters. The summed E-state index contributed by atoms with van der Waals surface area (Å²) in [7, 11) is 2.15. The van der Waals surface area contributed by atoms with E-state index in [4.69, 9.17) is 0 Å². The number of rotatable bonds is 3. The average molecular weight is 252 g/mol. The van der Waals surface area contributed by atoms with Crippen LogP contribution in [0, 0.1) is 17.8 Å². The summed E-state index contributed by atoms with van der Waals surface area (Å²) in [5, 5.41) is 3.58. The summed E-state index contributed by atoms with van der Waals surface area (Å²) < 4.78 is 0. The van der Waals surface area contributed by atoms with Crippen molar-refractivity contribution >= 4 is 0 Å². The van der Waals surface area contributed by atoms with Gasteiger partial charge < -0.3 is 5.32 Å². The minimum absolute atomic E-state index is 0.727. The van der Waals surface area contributed by atoms with Crippen molar-refractivity contribution in [3.63, 3.8) is 0 Å². The Morgan fingerprint density at radius 3 is 2.28 bits per heavy atom. The van der Waals surface area contributed by atoms with E-state index in [-0.39, 0.29) is 0 Å². The Morgan fingerprint density at radius 1 is 1.06 bits per heavy atom. The number of likely N-dealkylation sites (N-methyl/N-ethyl adjacent to an activating group) is 1. The number of hydrogen-bond acceptors (Lipinski definition) is 2. The zero-order chi connectivity index (χ0) is 13.1. The fourth-order valence-corrected chi connectivity index (χ4v) is 4.32. The highest BCUT2D eigenvalue weighted by atomic mass is 15.2. The monoisotopic (exact) mass is 252 g/mol. The Labute approximate surface area is 114 Å². The van der Waals surface area contributed by atoms with Gasteiger partial charge in [0.1, 0.15) is 0 Å². The highest BCUT2D eigenvalue weighted by Gasteiger charge is 2.35. The lowest BCUT2D eigenvalue weighted by atomic mass is 9.78. The van der Waals surface area contributed by atoms with Gasteiger partial charge in [-0.3, -0.25) is 4.90 Å². The third kappa shape index (κ3) is 3.27. The molecule has 2 heteroatoms. The smallest absolute Gasteiger partial charge is 0.0252 e. The summed E-state index contributed by atoms with van der Waals surface area (Å²) >= 11 is 0. The number of piperidine rings is 1. The second-order valence-corrected chi connectivity index (χ2v) is 6.95. The fourth-order valence-electron chi connectivity index (χ4n) is 4.32. The van der Waals surface area contributed by atoms with Crippen molar-refractivity contribution in [3.8, 4) is 0 Å². The average Bonchev–Trinajstić information content (AvgIpc) is 2.36. The van der Waals surface area contributed by atoms with Crippen LogP contribution < -0.4 is 5.32 Å². The van der Waals surface area contributed by atoms with Gasteiger partial charge in [-0.05, 0) is 50.5 Å².